The lowest BCUT2D eigenvalue weighted by Crippen LogP contribution is -2.30. The fraction of sp³-hybridized carbons (Fsp3) is 0.951. The Morgan fingerprint density at radius 1 is 0.270 bits per heavy atom. The Morgan fingerprint density at radius 3 is 0.680 bits per heavy atom. The number of esters is 4. The third-order valence-electron chi connectivity index (χ3n) is 19.0. The van der Waals surface area contributed by atoms with Gasteiger partial charge in [0.1, 0.15) is 19.3 Å². The van der Waals surface area contributed by atoms with Crippen LogP contribution in [0.25, 0.3) is 0 Å². The van der Waals surface area contributed by atoms with Crippen molar-refractivity contribution in [1.29, 1.82) is 0 Å². The molecule has 0 spiro atoms. The number of hydrogen-bond donors (Lipinski definition) is 3. The fourth-order valence-electron chi connectivity index (χ4n) is 12.6. The number of hydrogen-bond acceptors (Lipinski definition) is 15. The third kappa shape index (κ3) is 74.3. The number of rotatable bonds is 81. The molecule has 0 aromatic heterocycles. The van der Waals surface area contributed by atoms with E-state index >= 15 is 0 Å². The normalized spacial score (nSPS) is 13.8. The summed E-state index contributed by atoms with van der Waals surface area (Å²) >= 11 is 0. The zero-order valence-corrected chi connectivity index (χ0v) is 67.1. The van der Waals surface area contributed by atoms with Crippen LogP contribution in [-0.2, 0) is 65.4 Å². The average molecular weight is 1470 g/mol. The Hall–Kier alpha value is -1.94. The molecule has 0 radical (unpaired) electrons. The molecule has 0 saturated heterocycles. The number of phosphoric ester groups is 2. The first kappa shape index (κ1) is 98.1. The Bertz CT molecular complexity index is 1910. The molecule has 0 aliphatic heterocycles. The lowest BCUT2D eigenvalue weighted by Gasteiger charge is -2.21. The van der Waals surface area contributed by atoms with Crippen molar-refractivity contribution in [2.45, 2.75) is 451 Å². The second-order valence-corrected chi connectivity index (χ2v) is 32.5. The molecule has 100 heavy (non-hydrogen) atoms. The summed E-state index contributed by atoms with van der Waals surface area (Å²) in [4.78, 5) is 73.0. The minimum absolute atomic E-state index is 0.109. The number of carbonyl (C=O) groups excluding carboxylic acids is 4. The number of unbranched alkanes of at least 4 members (excludes halogenated alkanes) is 53. The predicted octanol–water partition coefficient (Wildman–Crippen LogP) is 24.4. The summed E-state index contributed by atoms with van der Waals surface area (Å²) in [6.07, 6.45) is 65.2. The summed E-state index contributed by atoms with van der Waals surface area (Å²) in [5, 5.41) is 10.6. The second-order valence-electron chi connectivity index (χ2n) is 29.6. The first-order valence-electron chi connectivity index (χ1n) is 42.1. The molecule has 3 N–H and O–H groups in total. The molecule has 5 atom stereocenters. The van der Waals surface area contributed by atoms with Crippen molar-refractivity contribution in [1.82, 2.24) is 0 Å². The molecule has 594 valence electrons. The molecule has 19 heteroatoms. The minimum Gasteiger partial charge on any atom is -0.462 e. The van der Waals surface area contributed by atoms with Crippen molar-refractivity contribution >= 4 is 39.5 Å². The monoisotopic (exact) mass is 1470 g/mol. The topological polar surface area (TPSA) is 237 Å². The van der Waals surface area contributed by atoms with Crippen molar-refractivity contribution < 1.29 is 80.2 Å². The molecule has 2 unspecified atom stereocenters. The highest BCUT2D eigenvalue weighted by atomic mass is 31.2. The van der Waals surface area contributed by atoms with E-state index < -0.39 is 97.5 Å². The molecule has 0 aliphatic rings. The highest BCUT2D eigenvalue weighted by Crippen LogP contribution is 2.45. The highest BCUT2D eigenvalue weighted by molar-refractivity contribution is 7.47. The molecule has 0 aliphatic carbocycles. The molecule has 0 saturated carbocycles. The van der Waals surface area contributed by atoms with Crippen LogP contribution in [0.15, 0.2) is 0 Å². The van der Waals surface area contributed by atoms with Gasteiger partial charge in [0.15, 0.2) is 12.2 Å². The highest BCUT2D eigenvalue weighted by Gasteiger charge is 2.30. The molecule has 0 amide bonds. The average Bonchev–Trinajstić information content (AvgIpc) is 0.941. The van der Waals surface area contributed by atoms with E-state index in [-0.39, 0.29) is 25.7 Å². The smallest absolute Gasteiger partial charge is 0.462 e. The summed E-state index contributed by atoms with van der Waals surface area (Å²) in [6, 6.07) is 0. The summed E-state index contributed by atoms with van der Waals surface area (Å²) in [6.45, 7) is 7.34. The van der Waals surface area contributed by atoms with Gasteiger partial charge in [0.05, 0.1) is 26.4 Å². The van der Waals surface area contributed by atoms with Crippen LogP contribution < -0.4 is 0 Å². The zero-order chi connectivity index (χ0) is 73.4. The maximum atomic E-state index is 13.1. The van der Waals surface area contributed by atoms with Gasteiger partial charge in [0.25, 0.3) is 0 Å². The van der Waals surface area contributed by atoms with Crippen LogP contribution in [0, 0.1) is 5.92 Å². The molecule has 0 aromatic rings. The van der Waals surface area contributed by atoms with Crippen LogP contribution in [0.2, 0.25) is 0 Å². The summed E-state index contributed by atoms with van der Waals surface area (Å²) in [5.41, 5.74) is 0. The van der Waals surface area contributed by atoms with Gasteiger partial charge in [-0.1, -0.05) is 381 Å². The quantitative estimate of drug-likeness (QED) is 0.0222. The number of aliphatic hydroxyl groups is 1. The molecule has 0 rings (SSSR count). The van der Waals surface area contributed by atoms with Crippen LogP contribution in [0.1, 0.15) is 433 Å². The van der Waals surface area contributed by atoms with Crippen LogP contribution in [0.5, 0.6) is 0 Å². The van der Waals surface area contributed by atoms with Crippen molar-refractivity contribution in [2.24, 2.45) is 5.92 Å². The van der Waals surface area contributed by atoms with Gasteiger partial charge in [0.2, 0.25) is 0 Å². The van der Waals surface area contributed by atoms with Crippen molar-refractivity contribution in [3.8, 4) is 0 Å². The Balaban J connectivity index is 5.22. The van der Waals surface area contributed by atoms with Gasteiger partial charge in [-0.25, -0.2) is 9.13 Å². The zero-order valence-electron chi connectivity index (χ0n) is 65.3. The number of aliphatic hydroxyl groups excluding tert-OH is 1. The molecular formula is C81H158O17P2. The van der Waals surface area contributed by atoms with Gasteiger partial charge in [0, 0.05) is 25.7 Å². The van der Waals surface area contributed by atoms with E-state index in [1.54, 1.807) is 0 Å². The first-order valence-corrected chi connectivity index (χ1v) is 45.1. The number of phosphoric acid groups is 2. The fourth-order valence-corrected chi connectivity index (χ4v) is 14.2. The molecule has 17 nitrogen and oxygen atoms in total. The lowest BCUT2D eigenvalue weighted by atomic mass is 10.0. The van der Waals surface area contributed by atoms with Crippen molar-refractivity contribution in [2.75, 3.05) is 39.6 Å². The Labute approximate surface area is 613 Å². The van der Waals surface area contributed by atoms with Gasteiger partial charge >= 0.3 is 39.5 Å². The van der Waals surface area contributed by atoms with E-state index in [1.165, 1.54) is 257 Å². The van der Waals surface area contributed by atoms with E-state index in [1.807, 2.05) is 0 Å². The van der Waals surface area contributed by atoms with Crippen LogP contribution >= 0.6 is 15.6 Å². The van der Waals surface area contributed by atoms with Gasteiger partial charge < -0.3 is 33.8 Å². The van der Waals surface area contributed by atoms with Crippen LogP contribution in [0.4, 0.5) is 0 Å². The van der Waals surface area contributed by atoms with Crippen molar-refractivity contribution in [3.05, 3.63) is 0 Å². The molecule has 0 heterocycles. The van der Waals surface area contributed by atoms with E-state index in [0.29, 0.717) is 25.7 Å². The largest absolute Gasteiger partial charge is 0.472 e. The molecule has 0 bridgehead atoms. The minimum atomic E-state index is -4.96. The molecule has 0 fully saturated rings. The molecular weight excluding hydrogens is 1310 g/mol. The predicted molar refractivity (Wildman–Crippen MR) is 409 cm³/mol. The van der Waals surface area contributed by atoms with Crippen LogP contribution in [0.3, 0.4) is 0 Å². The molecule has 0 aromatic carbocycles. The lowest BCUT2D eigenvalue weighted by molar-refractivity contribution is -0.161. The van der Waals surface area contributed by atoms with E-state index in [0.717, 1.165) is 95.8 Å². The van der Waals surface area contributed by atoms with E-state index in [4.69, 9.17) is 37.0 Å². The van der Waals surface area contributed by atoms with Gasteiger partial charge in [-0.15, -0.1) is 0 Å². The number of ether oxygens (including phenoxy) is 4. The van der Waals surface area contributed by atoms with Crippen LogP contribution in [-0.4, -0.2) is 96.7 Å². The summed E-state index contributed by atoms with van der Waals surface area (Å²) in [5.74, 6) is -1.31. The second kappa shape index (κ2) is 73.9. The van der Waals surface area contributed by atoms with E-state index in [2.05, 4.69) is 34.6 Å². The standard InChI is InChI=1S/C81H158O17P2/c1-6-9-12-15-18-21-23-25-27-29-31-36-40-45-50-55-60-65-79(84)92-71-77(98-81(86)67-62-57-52-47-42-38-34-33-35-39-44-48-53-58-63-74(4)5)73-96-100(89,90)94-69-75(82)68-93-99(87,88)95-72-76(70-91-78(83)64-59-54-49-43-20-17-14-11-8-3)97-80(85)66-61-56-51-46-41-37-32-30-28-26-24-22-19-16-13-10-7-2/h74-77,82H,6-73H2,1-5H3,(H,87,88)(H,89,90)/t75-,76+,77+/m0/s1. The SMILES string of the molecule is CCCCCCCCCCCCCCCCCCCC(=O)OC[C@H](COP(=O)(O)OC[C@@H](O)COP(=O)(O)OC[C@@H](COC(=O)CCCCCCCCCCC)OC(=O)CCCCCCCCCCCCCCCCCCC)OC(=O)CCCCCCCCCCCCCCCCC(C)C. The van der Waals surface area contributed by atoms with Gasteiger partial charge in [-0.3, -0.25) is 37.3 Å². The third-order valence-corrected chi connectivity index (χ3v) is 20.9. The number of carbonyl (C=O) groups is 4. The Kier molecular flexibility index (Phi) is 72.5. The summed E-state index contributed by atoms with van der Waals surface area (Å²) in [7, 11) is -9.92. The van der Waals surface area contributed by atoms with Gasteiger partial charge in [-0.05, 0) is 31.6 Å². The maximum absolute atomic E-state index is 13.1. The summed E-state index contributed by atoms with van der Waals surface area (Å²) < 4.78 is 68.7. The maximum Gasteiger partial charge on any atom is 0.472 e. The first-order chi connectivity index (χ1) is 48.5. The Morgan fingerprint density at radius 2 is 0.460 bits per heavy atom. The van der Waals surface area contributed by atoms with Gasteiger partial charge in [-0.2, -0.15) is 0 Å². The van der Waals surface area contributed by atoms with Crippen molar-refractivity contribution in [3.63, 3.8) is 0 Å². The van der Waals surface area contributed by atoms with E-state index in [9.17, 15) is 43.2 Å².